The average Bonchev–Trinajstić information content (AvgIpc) is 3.04. The molecule has 2 heterocycles. The number of nitrogens with zero attached hydrogens (tertiary/aromatic N) is 3. The number of rotatable bonds is 6. The van der Waals surface area contributed by atoms with Gasteiger partial charge in [-0.2, -0.15) is 0 Å². The Bertz CT molecular complexity index is 433. The van der Waals surface area contributed by atoms with Crippen LogP contribution in [0.1, 0.15) is 19.5 Å². The van der Waals surface area contributed by atoms with Crippen molar-refractivity contribution in [1.29, 1.82) is 0 Å². The molecule has 1 N–H and O–H groups in total. The monoisotopic (exact) mass is 267 g/mol. The van der Waals surface area contributed by atoms with Crippen molar-refractivity contribution in [3.05, 3.63) is 18.2 Å². The van der Waals surface area contributed by atoms with E-state index in [0.717, 1.165) is 18.8 Å². The van der Waals surface area contributed by atoms with Crippen LogP contribution in [0.25, 0.3) is 0 Å². The van der Waals surface area contributed by atoms with Crippen molar-refractivity contribution in [2.75, 3.05) is 19.8 Å². The number of ether oxygens (including phenoxy) is 1. The molecular weight excluding hydrogens is 246 g/mol. The number of imidazole rings is 1. The van der Waals surface area contributed by atoms with Gasteiger partial charge in [0.25, 0.3) is 0 Å². The molecule has 2 rings (SSSR count). The minimum atomic E-state index is -0.773. The van der Waals surface area contributed by atoms with Gasteiger partial charge in [-0.15, -0.1) is 0 Å². The summed E-state index contributed by atoms with van der Waals surface area (Å²) in [6.45, 7) is 7.30. The fourth-order valence-electron chi connectivity index (χ4n) is 2.57. The molecule has 1 aromatic rings. The van der Waals surface area contributed by atoms with Crippen LogP contribution < -0.4 is 0 Å². The predicted molar refractivity (Wildman–Crippen MR) is 69.7 cm³/mol. The highest BCUT2D eigenvalue weighted by Crippen LogP contribution is 2.21. The van der Waals surface area contributed by atoms with E-state index in [2.05, 4.69) is 21.4 Å². The van der Waals surface area contributed by atoms with Gasteiger partial charge in [0.2, 0.25) is 0 Å². The van der Waals surface area contributed by atoms with Crippen LogP contribution in [0.5, 0.6) is 0 Å². The van der Waals surface area contributed by atoms with Crippen molar-refractivity contribution in [3.63, 3.8) is 0 Å². The first-order valence-electron chi connectivity index (χ1n) is 6.71. The zero-order valence-corrected chi connectivity index (χ0v) is 11.5. The number of aromatic nitrogens is 2. The van der Waals surface area contributed by atoms with Crippen molar-refractivity contribution in [3.8, 4) is 0 Å². The molecule has 0 radical (unpaired) electrons. The number of likely N-dealkylation sites (N-methyl/N-ethyl adjacent to an activating group) is 1. The summed E-state index contributed by atoms with van der Waals surface area (Å²) in [5.41, 5.74) is 1.11. The minimum Gasteiger partial charge on any atom is -0.481 e. The molecule has 0 saturated carbocycles. The van der Waals surface area contributed by atoms with Crippen LogP contribution in [0.3, 0.4) is 0 Å². The summed E-state index contributed by atoms with van der Waals surface area (Å²) < 4.78 is 7.42. The fourth-order valence-corrected chi connectivity index (χ4v) is 2.57. The summed E-state index contributed by atoms with van der Waals surface area (Å²) in [4.78, 5) is 17.5. The van der Waals surface area contributed by atoms with E-state index in [-0.39, 0.29) is 6.04 Å². The number of hydrogen-bond donors (Lipinski definition) is 1. The van der Waals surface area contributed by atoms with Crippen molar-refractivity contribution < 1.29 is 14.6 Å². The van der Waals surface area contributed by atoms with E-state index in [1.165, 1.54) is 0 Å². The number of hydrogen-bond acceptors (Lipinski definition) is 4. The Morgan fingerprint density at radius 3 is 3.00 bits per heavy atom. The summed E-state index contributed by atoms with van der Waals surface area (Å²) in [6.07, 6.45) is 3.65. The van der Waals surface area contributed by atoms with Crippen LogP contribution >= 0.6 is 0 Å². The summed E-state index contributed by atoms with van der Waals surface area (Å²) in [7, 11) is 0. The molecule has 1 aromatic heterocycles. The lowest BCUT2D eigenvalue weighted by molar-refractivity contribution is -0.143. The Morgan fingerprint density at radius 2 is 2.37 bits per heavy atom. The molecule has 0 spiro atoms. The highest BCUT2D eigenvalue weighted by Gasteiger charge is 2.37. The Morgan fingerprint density at radius 1 is 1.58 bits per heavy atom. The third-order valence-corrected chi connectivity index (χ3v) is 3.75. The summed E-state index contributed by atoms with van der Waals surface area (Å²) in [5.74, 6) is -1.21. The third kappa shape index (κ3) is 2.96. The topological polar surface area (TPSA) is 67.6 Å². The van der Waals surface area contributed by atoms with E-state index >= 15 is 0 Å². The van der Waals surface area contributed by atoms with Gasteiger partial charge in [0, 0.05) is 25.3 Å². The number of carboxylic acids is 1. The van der Waals surface area contributed by atoms with Gasteiger partial charge in [0.1, 0.15) is 0 Å². The van der Waals surface area contributed by atoms with Crippen molar-refractivity contribution >= 4 is 5.97 Å². The Kier molecular flexibility index (Phi) is 4.55. The molecule has 106 valence electrons. The lowest BCUT2D eigenvalue weighted by atomic mass is 10.0. The maximum atomic E-state index is 11.2. The first-order valence-corrected chi connectivity index (χ1v) is 6.71. The van der Waals surface area contributed by atoms with E-state index < -0.39 is 11.9 Å². The SMILES string of the molecule is CCN(Cc1cncn1CC)C1COCC1C(=O)O. The number of carboxylic acid groups (broad SMARTS) is 1. The molecular formula is C13H21N3O3. The number of carbonyl (C=O) groups is 1. The zero-order valence-electron chi connectivity index (χ0n) is 11.5. The lowest BCUT2D eigenvalue weighted by Gasteiger charge is -2.29. The second kappa shape index (κ2) is 6.16. The Balaban J connectivity index is 2.09. The predicted octanol–water partition coefficient (Wildman–Crippen LogP) is 0.825. The van der Waals surface area contributed by atoms with Crippen LogP contribution in [-0.2, 0) is 22.6 Å². The second-order valence-electron chi connectivity index (χ2n) is 4.78. The van der Waals surface area contributed by atoms with E-state index in [9.17, 15) is 9.90 Å². The average molecular weight is 267 g/mol. The van der Waals surface area contributed by atoms with Crippen molar-refractivity contribution in [2.24, 2.45) is 5.92 Å². The van der Waals surface area contributed by atoms with E-state index in [1.807, 2.05) is 19.4 Å². The standard InChI is InChI=1S/C13H21N3O3/c1-3-15(6-10-5-14-9-16(10)4-2)12-8-19-7-11(12)13(17)18/h5,9,11-12H,3-4,6-8H2,1-2H3,(H,17,18). The van der Waals surface area contributed by atoms with Gasteiger partial charge < -0.3 is 14.4 Å². The van der Waals surface area contributed by atoms with Gasteiger partial charge in [-0.25, -0.2) is 4.98 Å². The first kappa shape index (κ1) is 14.0. The van der Waals surface area contributed by atoms with Crippen LogP contribution in [0.4, 0.5) is 0 Å². The molecule has 6 nitrogen and oxygen atoms in total. The van der Waals surface area contributed by atoms with Crippen molar-refractivity contribution in [1.82, 2.24) is 14.5 Å². The minimum absolute atomic E-state index is 0.0530. The molecule has 19 heavy (non-hydrogen) atoms. The summed E-state index contributed by atoms with van der Waals surface area (Å²) in [6, 6.07) is -0.0530. The summed E-state index contributed by atoms with van der Waals surface area (Å²) >= 11 is 0. The molecule has 1 saturated heterocycles. The van der Waals surface area contributed by atoms with E-state index in [4.69, 9.17) is 4.74 Å². The van der Waals surface area contributed by atoms with Crippen LogP contribution in [0.2, 0.25) is 0 Å². The zero-order chi connectivity index (χ0) is 13.8. The van der Waals surface area contributed by atoms with Gasteiger partial charge in [-0.05, 0) is 13.5 Å². The van der Waals surface area contributed by atoms with E-state index in [1.54, 1.807) is 0 Å². The molecule has 2 unspecified atom stereocenters. The highest BCUT2D eigenvalue weighted by atomic mass is 16.5. The normalized spacial score (nSPS) is 23.1. The third-order valence-electron chi connectivity index (χ3n) is 3.75. The maximum Gasteiger partial charge on any atom is 0.310 e. The molecule has 1 aliphatic rings. The molecule has 1 aliphatic heterocycles. The van der Waals surface area contributed by atoms with Crippen molar-refractivity contribution in [2.45, 2.75) is 33.0 Å². The van der Waals surface area contributed by atoms with Gasteiger partial charge in [0.05, 0.1) is 31.2 Å². The van der Waals surface area contributed by atoms with Crippen LogP contribution in [-0.4, -0.2) is 51.3 Å². The Labute approximate surface area is 113 Å². The highest BCUT2D eigenvalue weighted by molar-refractivity contribution is 5.71. The van der Waals surface area contributed by atoms with Gasteiger partial charge in [0.15, 0.2) is 0 Å². The smallest absolute Gasteiger partial charge is 0.310 e. The second-order valence-corrected chi connectivity index (χ2v) is 4.78. The van der Waals surface area contributed by atoms with Gasteiger partial charge >= 0.3 is 5.97 Å². The lowest BCUT2D eigenvalue weighted by Crippen LogP contribution is -2.42. The molecule has 2 atom stereocenters. The van der Waals surface area contributed by atoms with Crippen LogP contribution in [0.15, 0.2) is 12.5 Å². The molecule has 6 heteroatoms. The Hall–Kier alpha value is -1.40. The molecule has 0 aliphatic carbocycles. The number of aliphatic carboxylic acids is 1. The fraction of sp³-hybridized carbons (Fsp3) is 0.692. The van der Waals surface area contributed by atoms with E-state index in [0.29, 0.717) is 19.8 Å². The summed E-state index contributed by atoms with van der Waals surface area (Å²) in [5, 5.41) is 9.23. The first-order chi connectivity index (χ1) is 9.17. The number of aryl methyl sites for hydroxylation is 1. The molecule has 0 bridgehead atoms. The molecule has 0 aromatic carbocycles. The quantitative estimate of drug-likeness (QED) is 0.826. The van der Waals surface area contributed by atoms with Gasteiger partial charge in [-0.3, -0.25) is 9.69 Å². The maximum absolute atomic E-state index is 11.2. The molecule has 0 amide bonds. The van der Waals surface area contributed by atoms with Crippen LogP contribution in [0, 0.1) is 5.92 Å². The molecule has 1 fully saturated rings. The largest absolute Gasteiger partial charge is 0.481 e. The van der Waals surface area contributed by atoms with Gasteiger partial charge in [-0.1, -0.05) is 6.92 Å².